The van der Waals surface area contributed by atoms with Crippen LogP contribution in [-0.2, 0) is 23.1 Å². The lowest BCUT2D eigenvalue weighted by Gasteiger charge is -2.31. The van der Waals surface area contributed by atoms with Gasteiger partial charge in [-0.15, -0.1) is 0 Å². The zero-order chi connectivity index (χ0) is 24.4. The molecule has 13 nitrogen and oxygen atoms in total. The Bertz CT molecular complexity index is 1040. The molecule has 0 radical (unpaired) electrons. The maximum absolute atomic E-state index is 13.1. The Morgan fingerprint density at radius 2 is 2.09 bits per heavy atom. The standard InChI is InChI=1S/C18H29N6O7PS/c1-11(25)33-7-6-29-32(28,23(4)5)30-8-18(2)14(27)13(26)17(31-18)24-10-22-12-15(19-3)20-9-21-16(12)24/h9-10,13-14,17,26-27H,6-8H2,1-5H3,(H,19,20,21)/t13?,14-,17-,18-,32?/m1/s1. The van der Waals surface area contributed by atoms with Crippen LogP contribution in [0.15, 0.2) is 12.7 Å². The molecule has 0 spiro atoms. The van der Waals surface area contributed by atoms with E-state index in [2.05, 4.69) is 20.3 Å². The van der Waals surface area contributed by atoms with E-state index in [1.54, 1.807) is 14.0 Å². The van der Waals surface area contributed by atoms with Crippen LogP contribution in [0.1, 0.15) is 20.1 Å². The van der Waals surface area contributed by atoms with Crippen molar-refractivity contribution in [1.82, 2.24) is 24.2 Å². The SMILES string of the molecule is CNc1ncnc2c1ncn2[C@@H]1O[C@](C)(COP(=O)(OCCSC(C)=O)N(C)C)[C@H](O)C1O. The number of nitrogens with zero attached hydrogens (tertiary/aromatic N) is 5. The van der Waals surface area contributed by atoms with Gasteiger partial charge in [-0.3, -0.25) is 18.4 Å². The summed E-state index contributed by atoms with van der Waals surface area (Å²) in [5, 5.41) is 24.3. The highest BCUT2D eigenvalue weighted by Crippen LogP contribution is 2.52. The molecule has 0 amide bonds. The van der Waals surface area contributed by atoms with Crippen molar-refractivity contribution in [3.05, 3.63) is 12.7 Å². The molecule has 2 aromatic heterocycles. The molecule has 3 rings (SSSR count). The fourth-order valence-electron chi connectivity index (χ4n) is 3.31. The summed E-state index contributed by atoms with van der Waals surface area (Å²) >= 11 is 1.05. The van der Waals surface area contributed by atoms with Crippen LogP contribution in [-0.4, -0.2) is 97.4 Å². The van der Waals surface area contributed by atoms with E-state index in [4.69, 9.17) is 13.8 Å². The van der Waals surface area contributed by atoms with E-state index in [9.17, 15) is 19.6 Å². The Labute approximate surface area is 195 Å². The second kappa shape index (κ2) is 10.3. The van der Waals surface area contributed by atoms with Gasteiger partial charge in [-0.25, -0.2) is 24.2 Å². The predicted molar refractivity (Wildman–Crippen MR) is 122 cm³/mol. The smallest absolute Gasteiger partial charge is 0.387 e. The van der Waals surface area contributed by atoms with Crippen molar-refractivity contribution in [3.8, 4) is 0 Å². The molecule has 0 saturated carbocycles. The molecule has 0 aliphatic carbocycles. The highest BCUT2D eigenvalue weighted by molar-refractivity contribution is 8.13. The van der Waals surface area contributed by atoms with Crippen LogP contribution in [0.3, 0.4) is 0 Å². The van der Waals surface area contributed by atoms with Crippen LogP contribution in [0.5, 0.6) is 0 Å². The number of aliphatic hydroxyl groups excluding tert-OH is 2. The van der Waals surface area contributed by atoms with Crippen LogP contribution >= 0.6 is 19.5 Å². The zero-order valence-corrected chi connectivity index (χ0v) is 20.7. The number of thioether (sulfide) groups is 1. The number of aromatic nitrogens is 4. The van der Waals surface area contributed by atoms with E-state index in [0.717, 1.165) is 11.8 Å². The number of fused-ring (bicyclic) bond motifs is 1. The van der Waals surface area contributed by atoms with E-state index in [1.807, 2.05) is 0 Å². The molecule has 0 bridgehead atoms. The molecule has 1 aliphatic rings. The Morgan fingerprint density at radius 1 is 1.36 bits per heavy atom. The minimum atomic E-state index is -3.73. The second-order valence-corrected chi connectivity index (χ2v) is 11.3. The zero-order valence-electron chi connectivity index (χ0n) is 19.0. The molecule has 184 valence electrons. The van der Waals surface area contributed by atoms with Crippen molar-refractivity contribution in [2.45, 2.75) is 37.9 Å². The number of imidazole rings is 1. The number of anilines is 1. The molecule has 1 aliphatic heterocycles. The summed E-state index contributed by atoms with van der Waals surface area (Å²) in [5.74, 6) is 0.822. The Kier molecular flexibility index (Phi) is 8.12. The van der Waals surface area contributed by atoms with Gasteiger partial charge < -0.3 is 20.3 Å². The number of ether oxygens (including phenoxy) is 1. The van der Waals surface area contributed by atoms with Crippen LogP contribution in [0.4, 0.5) is 5.82 Å². The lowest BCUT2D eigenvalue weighted by molar-refractivity contribution is -0.113. The van der Waals surface area contributed by atoms with Crippen molar-refractivity contribution in [2.75, 3.05) is 45.4 Å². The molecule has 15 heteroatoms. The molecule has 1 fully saturated rings. The lowest BCUT2D eigenvalue weighted by Crippen LogP contribution is -2.44. The molecule has 2 unspecified atom stereocenters. The molecule has 2 aromatic rings. The minimum absolute atomic E-state index is 0.0274. The van der Waals surface area contributed by atoms with Crippen molar-refractivity contribution in [2.24, 2.45) is 0 Å². The molecule has 33 heavy (non-hydrogen) atoms. The van der Waals surface area contributed by atoms with E-state index < -0.39 is 31.8 Å². The highest BCUT2D eigenvalue weighted by atomic mass is 32.2. The fraction of sp³-hybridized carbons (Fsp3) is 0.667. The summed E-state index contributed by atoms with van der Waals surface area (Å²) in [4.78, 5) is 23.7. The van der Waals surface area contributed by atoms with Gasteiger partial charge in [0.1, 0.15) is 29.7 Å². The normalized spacial score (nSPS) is 27.2. The molecular formula is C18H29N6O7PS. The van der Waals surface area contributed by atoms with Gasteiger partial charge in [0.25, 0.3) is 0 Å². The van der Waals surface area contributed by atoms with Gasteiger partial charge in [0, 0.05) is 19.7 Å². The summed E-state index contributed by atoms with van der Waals surface area (Å²) in [6, 6.07) is 0. The van der Waals surface area contributed by atoms with Crippen molar-refractivity contribution in [1.29, 1.82) is 0 Å². The van der Waals surface area contributed by atoms with Crippen LogP contribution in [0, 0.1) is 0 Å². The van der Waals surface area contributed by atoms with E-state index in [0.29, 0.717) is 22.7 Å². The first-order valence-electron chi connectivity index (χ1n) is 10.1. The average molecular weight is 505 g/mol. The third kappa shape index (κ3) is 5.38. The lowest BCUT2D eigenvalue weighted by atomic mass is 9.99. The van der Waals surface area contributed by atoms with Crippen molar-refractivity contribution < 1.29 is 33.4 Å². The van der Waals surface area contributed by atoms with Crippen LogP contribution < -0.4 is 5.32 Å². The van der Waals surface area contributed by atoms with Crippen molar-refractivity contribution >= 4 is 41.6 Å². The number of carbonyl (C=O) groups is 1. The van der Waals surface area contributed by atoms with Crippen LogP contribution in [0.25, 0.3) is 11.2 Å². The van der Waals surface area contributed by atoms with Crippen LogP contribution in [0.2, 0.25) is 0 Å². The maximum Gasteiger partial charge on any atom is 0.407 e. The van der Waals surface area contributed by atoms with Gasteiger partial charge in [-0.1, -0.05) is 11.8 Å². The summed E-state index contributed by atoms with van der Waals surface area (Å²) in [6.45, 7) is 2.67. The second-order valence-electron chi connectivity index (χ2n) is 7.82. The molecule has 3 N–H and O–H groups in total. The number of carbonyl (C=O) groups excluding carboxylic acids is 1. The third-order valence-electron chi connectivity index (χ3n) is 5.15. The van der Waals surface area contributed by atoms with Gasteiger partial charge >= 0.3 is 7.75 Å². The number of rotatable bonds is 10. The largest absolute Gasteiger partial charge is 0.407 e. The molecule has 0 aromatic carbocycles. The molecule has 3 heterocycles. The first-order chi connectivity index (χ1) is 15.5. The number of aliphatic hydroxyl groups is 2. The maximum atomic E-state index is 13.1. The van der Waals surface area contributed by atoms with E-state index in [-0.39, 0.29) is 18.3 Å². The monoisotopic (exact) mass is 504 g/mol. The summed E-state index contributed by atoms with van der Waals surface area (Å²) in [5.41, 5.74) is -0.534. The third-order valence-corrected chi connectivity index (χ3v) is 7.87. The van der Waals surface area contributed by atoms with Crippen molar-refractivity contribution in [3.63, 3.8) is 0 Å². The van der Waals surface area contributed by atoms with E-state index >= 15 is 0 Å². The minimum Gasteiger partial charge on any atom is -0.387 e. The van der Waals surface area contributed by atoms with Gasteiger partial charge in [-0.05, 0) is 21.0 Å². The highest BCUT2D eigenvalue weighted by Gasteiger charge is 2.53. The summed E-state index contributed by atoms with van der Waals surface area (Å²) < 4.78 is 33.0. The van der Waals surface area contributed by atoms with Gasteiger partial charge in [-0.2, -0.15) is 0 Å². The molecule has 5 atom stereocenters. The predicted octanol–water partition coefficient (Wildman–Crippen LogP) is 0.860. The first-order valence-corrected chi connectivity index (χ1v) is 12.6. The summed E-state index contributed by atoms with van der Waals surface area (Å²) in [6.07, 6.45) is -0.940. The molecule has 1 saturated heterocycles. The molecular weight excluding hydrogens is 475 g/mol. The number of nitrogens with one attached hydrogen (secondary N) is 1. The first kappa shape index (κ1) is 26.0. The van der Waals surface area contributed by atoms with Gasteiger partial charge in [0.2, 0.25) is 0 Å². The van der Waals surface area contributed by atoms with Gasteiger partial charge in [0.05, 0.1) is 19.5 Å². The average Bonchev–Trinajstić information content (AvgIpc) is 3.30. The Morgan fingerprint density at radius 3 is 2.73 bits per heavy atom. The number of hydrogen-bond donors (Lipinski definition) is 3. The van der Waals surface area contributed by atoms with E-state index in [1.165, 1.54) is 42.9 Å². The number of hydrogen-bond acceptors (Lipinski definition) is 12. The Balaban J connectivity index is 1.75. The fourth-order valence-corrected chi connectivity index (χ4v) is 5.17. The topological polar surface area (TPSA) is 161 Å². The van der Waals surface area contributed by atoms with Gasteiger partial charge in [0.15, 0.2) is 22.8 Å². The Hall–Kier alpha value is -1.64. The summed E-state index contributed by atoms with van der Waals surface area (Å²) in [7, 11) is 1.02. The quantitative estimate of drug-likeness (QED) is 0.309.